The van der Waals surface area contributed by atoms with Gasteiger partial charge in [-0.05, 0) is 121 Å². The van der Waals surface area contributed by atoms with Gasteiger partial charge in [0.15, 0.2) is 0 Å². The van der Waals surface area contributed by atoms with Crippen LogP contribution in [0.15, 0.2) is 135 Å². The van der Waals surface area contributed by atoms with Crippen LogP contribution in [0.2, 0.25) is 0 Å². The molecule has 1 atom stereocenters. The van der Waals surface area contributed by atoms with E-state index in [1.54, 1.807) is 0 Å². The lowest BCUT2D eigenvalue weighted by molar-refractivity contribution is 0.733. The van der Waals surface area contributed by atoms with Crippen molar-refractivity contribution in [3.8, 4) is 22.3 Å². The zero-order valence-electron chi connectivity index (χ0n) is 29.1. The number of aryl methyl sites for hydroxylation is 2. The van der Waals surface area contributed by atoms with Crippen molar-refractivity contribution in [3.05, 3.63) is 169 Å². The van der Waals surface area contributed by atoms with Gasteiger partial charge in [-0.3, -0.25) is 0 Å². The normalized spacial score (nSPS) is 12.0. The Morgan fingerprint density at radius 1 is 0.771 bits per heavy atom. The molecule has 1 heteroatoms. The van der Waals surface area contributed by atoms with Gasteiger partial charge in [-0.2, -0.15) is 0 Å². The molecule has 0 saturated heterocycles. The highest BCUT2D eigenvalue weighted by Gasteiger charge is 2.16. The van der Waals surface area contributed by atoms with E-state index >= 15 is 0 Å². The summed E-state index contributed by atoms with van der Waals surface area (Å²) in [5.74, 6) is 0.670. The summed E-state index contributed by atoms with van der Waals surface area (Å²) in [5, 5.41) is 1.20. The molecular weight excluding hydrogens is 579 g/mol. The van der Waals surface area contributed by atoms with Crippen molar-refractivity contribution < 1.29 is 0 Å². The molecule has 0 aliphatic heterocycles. The van der Waals surface area contributed by atoms with Crippen LogP contribution in [0.3, 0.4) is 0 Å². The highest BCUT2D eigenvalue weighted by molar-refractivity contribution is 5.99. The minimum Gasteiger partial charge on any atom is -0.309 e. The molecule has 1 aromatic heterocycles. The fourth-order valence-corrected chi connectivity index (χ4v) is 6.00. The third-order valence-electron chi connectivity index (χ3n) is 8.82. The largest absolute Gasteiger partial charge is 0.309 e. The fourth-order valence-electron chi connectivity index (χ4n) is 6.00. The summed E-state index contributed by atoms with van der Waals surface area (Å²) < 4.78 is 2.26. The molecule has 0 saturated carbocycles. The maximum atomic E-state index is 4.14. The van der Waals surface area contributed by atoms with E-state index in [4.69, 9.17) is 0 Å². The smallest absolute Gasteiger partial charge is 0.0541 e. The lowest BCUT2D eigenvalue weighted by atomic mass is 9.92. The van der Waals surface area contributed by atoms with Gasteiger partial charge in [-0.15, -0.1) is 0 Å². The maximum Gasteiger partial charge on any atom is 0.0541 e. The van der Waals surface area contributed by atoms with Gasteiger partial charge in [0.05, 0.1) is 11.2 Å². The van der Waals surface area contributed by atoms with E-state index in [1.807, 2.05) is 31.2 Å². The molecule has 0 aliphatic carbocycles. The van der Waals surface area contributed by atoms with Gasteiger partial charge >= 0.3 is 0 Å². The second-order valence-electron chi connectivity index (χ2n) is 11.9. The van der Waals surface area contributed by atoms with Crippen LogP contribution in [0.4, 0.5) is 0 Å². The summed E-state index contributed by atoms with van der Waals surface area (Å²) in [6.45, 7) is 24.7. The van der Waals surface area contributed by atoms with Gasteiger partial charge in [0.2, 0.25) is 0 Å². The first-order chi connectivity index (χ1) is 22.8. The average molecular weight is 632 g/mol. The van der Waals surface area contributed by atoms with E-state index in [0.717, 1.165) is 16.9 Å². The quantitative estimate of drug-likeness (QED) is 0.135. The zero-order chi connectivity index (χ0) is 33.9. The first kappa shape index (κ1) is 37.3. The summed E-state index contributed by atoms with van der Waals surface area (Å²) in [6.07, 6.45) is 17.3. The highest BCUT2D eigenvalue weighted by atomic mass is 15.0. The molecule has 0 amide bonds. The van der Waals surface area contributed by atoms with Gasteiger partial charge in [-0.1, -0.05) is 138 Å². The number of nitrogens with zero attached hydrogens (tertiary/aromatic N) is 1. The molecule has 5 rings (SSSR count). The van der Waals surface area contributed by atoms with Crippen LogP contribution < -0.4 is 0 Å². The third-order valence-corrected chi connectivity index (χ3v) is 8.82. The molecule has 0 N–H and O–H groups in total. The molecule has 1 nitrogen and oxygen atoms in total. The summed E-state index contributed by atoms with van der Waals surface area (Å²) in [6, 6.07) is 30.7. The topological polar surface area (TPSA) is 4.93 Å². The van der Waals surface area contributed by atoms with Crippen molar-refractivity contribution in [1.29, 1.82) is 0 Å². The molecule has 5 aromatic rings. The maximum absolute atomic E-state index is 4.14. The Morgan fingerprint density at radius 3 is 2.04 bits per heavy atom. The van der Waals surface area contributed by atoms with E-state index in [1.165, 1.54) is 61.9 Å². The predicted octanol–water partition coefficient (Wildman–Crippen LogP) is 14.4. The summed E-state index contributed by atoms with van der Waals surface area (Å²) >= 11 is 0. The Morgan fingerprint density at radius 2 is 1.44 bits per heavy atom. The van der Waals surface area contributed by atoms with Gasteiger partial charge in [0.1, 0.15) is 0 Å². The predicted molar refractivity (Wildman–Crippen MR) is 218 cm³/mol. The van der Waals surface area contributed by atoms with Crippen molar-refractivity contribution in [2.24, 2.45) is 0 Å². The Hall–Kier alpha value is -5.14. The summed E-state index contributed by atoms with van der Waals surface area (Å²) in [5.41, 5.74) is 14.6. The number of fused-ring (bicyclic) bond motifs is 1. The summed E-state index contributed by atoms with van der Waals surface area (Å²) in [4.78, 5) is 0. The Bertz CT molecular complexity index is 1950. The van der Waals surface area contributed by atoms with Gasteiger partial charge in [-0.25, -0.2) is 0 Å². The molecule has 48 heavy (non-hydrogen) atoms. The van der Waals surface area contributed by atoms with E-state index in [-0.39, 0.29) is 7.43 Å². The number of aromatic nitrogens is 1. The molecule has 0 radical (unpaired) electrons. The molecule has 0 aliphatic rings. The first-order valence-electron chi connectivity index (χ1n) is 16.6. The van der Waals surface area contributed by atoms with E-state index in [0.29, 0.717) is 5.92 Å². The minimum atomic E-state index is 0. The van der Waals surface area contributed by atoms with Crippen LogP contribution in [0.25, 0.3) is 57.1 Å². The highest BCUT2D eigenvalue weighted by Crippen LogP contribution is 2.37. The van der Waals surface area contributed by atoms with Crippen molar-refractivity contribution in [2.45, 2.75) is 61.3 Å². The Labute approximate surface area is 290 Å². The van der Waals surface area contributed by atoms with Crippen LogP contribution >= 0.6 is 0 Å². The lowest BCUT2D eigenvalue weighted by Gasteiger charge is -2.13. The first-order valence-corrected chi connectivity index (χ1v) is 16.6. The molecule has 4 aromatic carbocycles. The Balaban J connectivity index is 0.000000407. The van der Waals surface area contributed by atoms with E-state index < -0.39 is 0 Å². The minimum absolute atomic E-state index is 0. The second kappa shape index (κ2) is 17.7. The van der Waals surface area contributed by atoms with E-state index in [9.17, 15) is 0 Å². The molecule has 1 heterocycles. The monoisotopic (exact) mass is 631 g/mol. The van der Waals surface area contributed by atoms with Crippen LogP contribution in [0.5, 0.6) is 0 Å². The van der Waals surface area contributed by atoms with Crippen molar-refractivity contribution >= 4 is 34.8 Å². The third kappa shape index (κ3) is 8.22. The van der Waals surface area contributed by atoms with Gasteiger partial charge < -0.3 is 4.57 Å². The molecule has 246 valence electrons. The molecule has 0 fully saturated rings. The number of hydrogen-bond acceptors (Lipinski definition) is 0. The molecular formula is C47H53N. The number of rotatable bonds is 10. The van der Waals surface area contributed by atoms with Crippen molar-refractivity contribution in [3.63, 3.8) is 0 Å². The number of benzene rings is 4. The number of hydrogen-bond donors (Lipinski definition) is 0. The van der Waals surface area contributed by atoms with Gasteiger partial charge in [0.25, 0.3) is 0 Å². The number of allylic oxidation sites excluding steroid dienone is 6. The van der Waals surface area contributed by atoms with Crippen molar-refractivity contribution in [1.82, 2.24) is 4.57 Å². The second-order valence-corrected chi connectivity index (χ2v) is 11.9. The lowest BCUT2D eigenvalue weighted by Crippen LogP contribution is -1.97. The standard InChI is InChI=1S/C34H33N.C12H16.CH4/c1-7-13-28(14-8-2)35-33(10-4)30(15-9-3)32-23-27(20-21-34(32)35)26-19-18-25(6)31(22-26)29-17-12-11-16-24(29)5;1-4-10(3)12-8-6-11(5-2)7-9-12;/h7-23H,1,4H2,2-3,5-6H3;5-10H,2,4H2,1,3H3;1H4/b14-8-,15-9-,28-13+;;/t;10-;/m.1./s1. The molecule has 0 spiro atoms. The van der Waals surface area contributed by atoms with Crippen LogP contribution in [0.1, 0.15) is 81.0 Å². The Kier molecular flexibility index (Phi) is 13.8. The average Bonchev–Trinajstić information content (AvgIpc) is 3.41. The van der Waals surface area contributed by atoms with E-state index in [2.05, 4.69) is 168 Å². The fraction of sp³-hybridized carbons (Fsp3) is 0.191. The SMILES string of the molecule is C.C=C/C=C(\C=C/C)n1c(C=C)c(/C=C\C)c2cc(-c3ccc(C)c(-c4ccccc4C)c3)ccc21.C=Cc1ccc([C@H](C)CC)cc1. The molecule has 0 unspecified atom stereocenters. The zero-order valence-corrected chi connectivity index (χ0v) is 29.1. The van der Waals surface area contributed by atoms with Crippen molar-refractivity contribution in [2.75, 3.05) is 0 Å². The summed E-state index contributed by atoms with van der Waals surface area (Å²) in [7, 11) is 0. The van der Waals surface area contributed by atoms with Crippen LogP contribution in [0, 0.1) is 13.8 Å². The van der Waals surface area contributed by atoms with Gasteiger partial charge in [0, 0.05) is 16.6 Å². The van der Waals surface area contributed by atoms with Crippen LogP contribution in [-0.2, 0) is 0 Å². The van der Waals surface area contributed by atoms with Crippen LogP contribution in [-0.4, -0.2) is 4.57 Å². The molecule has 0 bridgehead atoms.